The summed E-state index contributed by atoms with van der Waals surface area (Å²) in [6.45, 7) is 1.86. The van der Waals surface area contributed by atoms with E-state index < -0.39 is 5.82 Å². The fraction of sp³-hybridized carbons (Fsp3) is 0.188. The average Bonchev–Trinajstić information content (AvgIpc) is 2.43. The molecule has 0 fully saturated rings. The molecule has 2 aromatic rings. The quantitative estimate of drug-likeness (QED) is 0.776. The van der Waals surface area contributed by atoms with Crippen LogP contribution in [0.25, 0.3) is 0 Å². The molecule has 0 aliphatic carbocycles. The molecule has 0 heterocycles. The topological polar surface area (TPSA) is 26.3 Å². The summed E-state index contributed by atoms with van der Waals surface area (Å²) in [5.41, 5.74) is 1.82. The number of rotatable bonds is 4. The van der Waals surface area contributed by atoms with Crippen LogP contribution in [0, 0.1) is 12.7 Å². The molecule has 2 rings (SSSR count). The second-order valence-electron chi connectivity index (χ2n) is 4.49. The summed E-state index contributed by atoms with van der Waals surface area (Å²) in [4.78, 5) is 12.3. The van der Waals surface area contributed by atoms with E-state index in [0.717, 1.165) is 10.0 Å². The zero-order valence-electron chi connectivity index (χ0n) is 11.2. The van der Waals surface area contributed by atoms with E-state index in [1.807, 2.05) is 19.1 Å². The van der Waals surface area contributed by atoms with E-state index in [-0.39, 0.29) is 18.0 Å². The van der Waals surface area contributed by atoms with E-state index in [0.29, 0.717) is 11.1 Å². The lowest BCUT2D eigenvalue weighted by Crippen LogP contribution is -2.07. The van der Waals surface area contributed by atoms with Gasteiger partial charge in [0.2, 0.25) is 0 Å². The molecule has 0 amide bonds. The number of methoxy groups -OCH3 is 1. The van der Waals surface area contributed by atoms with Gasteiger partial charge in [-0.2, -0.15) is 0 Å². The maximum absolute atomic E-state index is 14.0. The first-order chi connectivity index (χ1) is 9.52. The Morgan fingerprint density at radius 1 is 1.30 bits per heavy atom. The van der Waals surface area contributed by atoms with Gasteiger partial charge in [0.1, 0.15) is 0 Å². The van der Waals surface area contributed by atoms with E-state index in [1.165, 1.54) is 13.2 Å². The largest absolute Gasteiger partial charge is 0.494 e. The predicted molar refractivity (Wildman–Crippen MR) is 79.9 cm³/mol. The third-order valence-corrected chi connectivity index (χ3v) is 3.61. The highest BCUT2D eigenvalue weighted by molar-refractivity contribution is 9.10. The second kappa shape index (κ2) is 6.18. The van der Waals surface area contributed by atoms with Crippen molar-refractivity contribution >= 4 is 21.7 Å². The highest BCUT2D eigenvalue weighted by atomic mass is 79.9. The van der Waals surface area contributed by atoms with Crippen LogP contribution in [0.4, 0.5) is 4.39 Å². The summed E-state index contributed by atoms with van der Waals surface area (Å²) < 4.78 is 19.8. The number of carbonyl (C=O) groups excluding carboxylic acids is 1. The smallest absolute Gasteiger partial charge is 0.168 e. The number of halogens is 2. The Labute approximate surface area is 125 Å². The molecule has 0 radical (unpaired) electrons. The van der Waals surface area contributed by atoms with Gasteiger partial charge in [-0.05, 0) is 36.2 Å². The number of aryl methyl sites for hydroxylation is 1. The van der Waals surface area contributed by atoms with Crippen LogP contribution in [0.1, 0.15) is 21.5 Å². The fourth-order valence-electron chi connectivity index (χ4n) is 2.01. The number of hydrogen-bond donors (Lipinski definition) is 0. The molecule has 0 aliphatic rings. The van der Waals surface area contributed by atoms with Crippen molar-refractivity contribution in [3.63, 3.8) is 0 Å². The van der Waals surface area contributed by atoms with E-state index in [9.17, 15) is 9.18 Å². The molecular formula is C16H14BrFO2. The lowest BCUT2D eigenvalue weighted by atomic mass is 9.99. The number of hydrogen-bond acceptors (Lipinski definition) is 2. The van der Waals surface area contributed by atoms with Crippen LogP contribution in [-0.2, 0) is 6.42 Å². The van der Waals surface area contributed by atoms with Gasteiger partial charge >= 0.3 is 0 Å². The average molecular weight is 337 g/mol. The molecular weight excluding hydrogens is 323 g/mol. The molecule has 0 N–H and O–H groups in total. The normalized spacial score (nSPS) is 10.4. The van der Waals surface area contributed by atoms with Gasteiger partial charge in [0.15, 0.2) is 17.3 Å². The molecule has 0 atom stereocenters. The zero-order valence-corrected chi connectivity index (χ0v) is 12.8. The molecule has 20 heavy (non-hydrogen) atoms. The standard InChI is InChI=1S/C16H14BrFO2/c1-10-6-7-12(17)9-13(10)14(19)8-11-4-3-5-15(20-2)16(11)18/h3-7,9H,8H2,1-2H3. The van der Waals surface area contributed by atoms with Crippen molar-refractivity contribution in [1.82, 2.24) is 0 Å². The molecule has 4 heteroatoms. The van der Waals surface area contributed by atoms with Crippen LogP contribution in [0.5, 0.6) is 5.75 Å². The molecule has 0 aliphatic heterocycles. The van der Waals surface area contributed by atoms with E-state index >= 15 is 0 Å². The van der Waals surface area contributed by atoms with Crippen molar-refractivity contribution < 1.29 is 13.9 Å². The summed E-state index contributed by atoms with van der Waals surface area (Å²) in [6, 6.07) is 10.3. The van der Waals surface area contributed by atoms with Gasteiger partial charge in [0.25, 0.3) is 0 Å². The highest BCUT2D eigenvalue weighted by Gasteiger charge is 2.15. The Bertz CT molecular complexity index is 653. The Balaban J connectivity index is 2.30. The van der Waals surface area contributed by atoms with E-state index in [4.69, 9.17) is 4.74 Å². The van der Waals surface area contributed by atoms with Crippen molar-refractivity contribution in [1.29, 1.82) is 0 Å². The van der Waals surface area contributed by atoms with Gasteiger partial charge in [0.05, 0.1) is 7.11 Å². The maximum Gasteiger partial charge on any atom is 0.168 e. The number of ketones is 1. The Kier molecular flexibility index (Phi) is 4.55. The number of benzene rings is 2. The third kappa shape index (κ3) is 3.07. The third-order valence-electron chi connectivity index (χ3n) is 3.11. The molecule has 0 saturated heterocycles. The van der Waals surface area contributed by atoms with Gasteiger partial charge in [0, 0.05) is 16.5 Å². The predicted octanol–water partition coefficient (Wildman–Crippen LogP) is 4.33. The molecule has 0 unspecified atom stereocenters. The van der Waals surface area contributed by atoms with Crippen molar-refractivity contribution in [2.24, 2.45) is 0 Å². The molecule has 0 bridgehead atoms. The minimum atomic E-state index is -0.476. The van der Waals surface area contributed by atoms with Gasteiger partial charge in [-0.3, -0.25) is 4.79 Å². The lowest BCUT2D eigenvalue weighted by molar-refractivity contribution is 0.0991. The van der Waals surface area contributed by atoms with Gasteiger partial charge in [-0.1, -0.05) is 34.1 Å². The Morgan fingerprint density at radius 3 is 2.75 bits per heavy atom. The number of Topliss-reactive ketones (excluding diaryl/α,β-unsaturated/α-hetero) is 1. The van der Waals surface area contributed by atoms with Crippen LogP contribution >= 0.6 is 15.9 Å². The summed E-state index contributed by atoms with van der Waals surface area (Å²) in [5, 5.41) is 0. The summed E-state index contributed by atoms with van der Waals surface area (Å²) in [6.07, 6.45) is 0.0142. The fourth-order valence-corrected chi connectivity index (χ4v) is 2.37. The molecule has 0 spiro atoms. The Hall–Kier alpha value is -1.68. The van der Waals surface area contributed by atoms with E-state index in [1.54, 1.807) is 18.2 Å². The first-order valence-corrected chi connectivity index (χ1v) is 6.93. The SMILES string of the molecule is COc1cccc(CC(=O)c2cc(Br)ccc2C)c1F. The zero-order chi connectivity index (χ0) is 14.7. The van der Waals surface area contributed by atoms with Gasteiger partial charge in [-0.15, -0.1) is 0 Å². The van der Waals surface area contributed by atoms with Crippen LogP contribution < -0.4 is 4.74 Å². The van der Waals surface area contributed by atoms with Crippen LogP contribution in [0.15, 0.2) is 40.9 Å². The highest BCUT2D eigenvalue weighted by Crippen LogP contribution is 2.23. The van der Waals surface area contributed by atoms with Gasteiger partial charge < -0.3 is 4.74 Å². The van der Waals surface area contributed by atoms with E-state index in [2.05, 4.69) is 15.9 Å². The van der Waals surface area contributed by atoms with Crippen molar-refractivity contribution in [3.05, 3.63) is 63.4 Å². The number of ether oxygens (including phenoxy) is 1. The first-order valence-electron chi connectivity index (χ1n) is 6.13. The van der Waals surface area contributed by atoms with Gasteiger partial charge in [-0.25, -0.2) is 4.39 Å². The summed E-state index contributed by atoms with van der Waals surface area (Å²) in [5.74, 6) is -0.437. The maximum atomic E-state index is 14.0. The first kappa shape index (κ1) is 14.7. The molecule has 2 nitrogen and oxygen atoms in total. The summed E-state index contributed by atoms with van der Waals surface area (Å²) >= 11 is 3.34. The monoisotopic (exact) mass is 336 g/mol. The lowest BCUT2D eigenvalue weighted by Gasteiger charge is -2.08. The van der Waals surface area contributed by atoms with Crippen molar-refractivity contribution in [2.45, 2.75) is 13.3 Å². The molecule has 2 aromatic carbocycles. The minimum absolute atomic E-state index is 0.0142. The van der Waals surface area contributed by atoms with Crippen LogP contribution in [0.2, 0.25) is 0 Å². The Morgan fingerprint density at radius 2 is 2.05 bits per heavy atom. The molecule has 0 aromatic heterocycles. The second-order valence-corrected chi connectivity index (χ2v) is 5.41. The van der Waals surface area contributed by atoms with Crippen molar-refractivity contribution in [2.75, 3.05) is 7.11 Å². The number of carbonyl (C=O) groups is 1. The molecule has 104 valence electrons. The van der Waals surface area contributed by atoms with Crippen LogP contribution in [-0.4, -0.2) is 12.9 Å². The van der Waals surface area contributed by atoms with Crippen LogP contribution in [0.3, 0.4) is 0 Å². The summed E-state index contributed by atoms with van der Waals surface area (Å²) in [7, 11) is 1.41. The van der Waals surface area contributed by atoms with Crippen molar-refractivity contribution in [3.8, 4) is 5.75 Å². The minimum Gasteiger partial charge on any atom is -0.494 e. The molecule has 0 saturated carbocycles.